The van der Waals surface area contributed by atoms with Gasteiger partial charge < -0.3 is 10.1 Å². The van der Waals surface area contributed by atoms with Crippen LogP contribution in [0.1, 0.15) is 18.0 Å². The number of nitrogens with zero attached hydrogens (tertiary/aromatic N) is 4. The van der Waals surface area contributed by atoms with Gasteiger partial charge in [-0.3, -0.25) is 15.0 Å². The van der Waals surface area contributed by atoms with Crippen LogP contribution in [0, 0.1) is 15.9 Å². The maximum Gasteiger partial charge on any atom is 0.307 e. The molecule has 3 aromatic rings. The van der Waals surface area contributed by atoms with E-state index in [1.54, 1.807) is 11.1 Å². The van der Waals surface area contributed by atoms with E-state index in [1.807, 2.05) is 30.3 Å². The average Bonchev–Trinajstić information content (AvgIpc) is 3.25. The molecule has 1 aromatic heterocycles. The summed E-state index contributed by atoms with van der Waals surface area (Å²) in [5.74, 6) is -0.00394. The molecule has 1 aliphatic rings. The summed E-state index contributed by atoms with van der Waals surface area (Å²) in [6, 6.07) is 13.6. The lowest BCUT2D eigenvalue weighted by Gasteiger charge is -2.24. The van der Waals surface area contributed by atoms with Crippen LogP contribution in [0.3, 0.4) is 0 Å². The van der Waals surface area contributed by atoms with Gasteiger partial charge >= 0.3 is 5.69 Å². The minimum absolute atomic E-state index is 0.00426. The number of halogens is 1. The standard InChI is InChI=1S/C20H18FN5O4/c1-29-18-9-14(21)17(26(27)28)10-15(18)24-19-11-20(23-12-22-19)25-16(7-8-30-25)13-5-3-2-4-6-13/h2-6,9-12,16H,7-8H2,1H3,(H,22,23,24)/t16-/m1/s1. The maximum atomic E-state index is 13.9. The summed E-state index contributed by atoms with van der Waals surface area (Å²) in [5.41, 5.74) is 0.635. The molecule has 0 unspecified atom stereocenters. The lowest BCUT2D eigenvalue weighted by atomic mass is 10.0. The fourth-order valence-corrected chi connectivity index (χ4v) is 3.30. The molecule has 9 nitrogen and oxygen atoms in total. The Kier molecular flexibility index (Phi) is 5.40. The molecular formula is C20H18FN5O4. The third-order valence-corrected chi connectivity index (χ3v) is 4.70. The van der Waals surface area contributed by atoms with E-state index in [4.69, 9.17) is 9.57 Å². The number of nitro groups is 1. The van der Waals surface area contributed by atoms with Crippen molar-refractivity contribution in [3.8, 4) is 5.75 Å². The van der Waals surface area contributed by atoms with E-state index < -0.39 is 16.4 Å². The molecule has 154 valence electrons. The highest BCUT2D eigenvalue weighted by Gasteiger charge is 2.29. The van der Waals surface area contributed by atoms with Gasteiger partial charge in [-0.1, -0.05) is 30.3 Å². The molecule has 4 rings (SSSR count). The summed E-state index contributed by atoms with van der Waals surface area (Å²) in [6.07, 6.45) is 2.15. The van der Waals surface area contributed by atoms with Crippen molar-refractivity contribution in [1.29, 1.82) is 0 Å². The highest BCUT2D eigenvalue weighted by Crippen LogP contribution is 2.36. The topological polar surface area (TPSA) is 103 Å². The number of hydrogen-bond acceptors (Lipinski definition) is 8. The zero-order valence-corrected chi connectivity index (χ0v) is 16.0. The van der Waals surface area contributed by atoms with Crippen LogP contribution in [-0.4, -0.2) is 28.6 Å². The molecule has 0 radical (unpaired) electrons. The number of anilines is 3. The van der Waals surface area contributed by atoms with E-state index in [1.165, 1.54) is 13.4 Å². The van der Waals surface area contributed by atoms with Gasteiger partial charge in [-0.25, -0.2) is 15.0 Å². The molecule has 1 N–H and O–H groups in total. The molecule has 30 heavy (non-hydrogen) atoms. The number of aromatic nitrogens is 2. The highest BCUT2D eigenvalue weighted by molar-refractivity contribution is 5.69. The minimum Gasteiger partial charge on any atom is -0.494 e. The molecule has 1 fully saturated rings. The Balaban J connectivity index is 1.63. The first-order valence-corrected chi connectivity index (χ1v) is 9.15. The van der Waals surface area contributed by atoms with Crippen LogP contribution in [0.4, 0.5) is 27.4 Å². The van der Waals surface area contributed by atoms with Crippen LogP contribution in [0.25, 0.3) is 0 Å². The molecule has 0 amide bonds. The molecule has 0 saturated carbocycles. The zero-order chi connectivity index (χ0) is 21.1. The normalized spacial score (nSPS) is 15.8. The molecule has 1 atom stereocenters. The second-order valence-electron chi connectivity index (χ2n) is 6.52. The Hall–Kier alpha value is -3.79. The Labute approximate surface area is 171 Å². The molecule has 1 saturated heterocycles. The van der Waals surface area contributed by atoms with Crippen molar-refractivity contribution in [1.82, 2.24) is 9.97 Å². The molecule has 0 spiro atoms. The summed E-state index contributed by atoms with van der Waals surface area (Å²) in [6.45, 7) is 0.546. The molecule has 0 bridgehead atoms. The number of methoxy groups -OCH3 is 1. The van der Waals surface area contributed by atoms with Crippen molar-refractivity contribution in [2.45, 2.75) is 12.5 Å². The number of nitrogens with one attached hydrogen (secondary N) is 1. The largest absolute Gasteiger partial charge is 0.494 e. The fraction of sp³-hybridized carbons (Fsp3) is 0.200. The number of hydrogen-bond donors (Lipinski definition) is 1. The van der Waals surface area contributed by atoms with Gasteiger partial charge in [0.1, 0.15) is 17.9 Å². The van der Waals surface area contributed by atoms with E-state index in [2.05, 4.69) is 15.3 Å². The first-order valence-electron chi connectivity index (χ1n) is 9.15. The molecule has 2 heterocycles. The van der Waals surface area contributed by atoms with Crippen LogP contribution in [0.2, 0.25) is 0 Å². The summed E-state index contributed by atoms with van der Waals surface area (Å²) in [4.78, 5) is 24.5. The van der Waals surface area contributed by atoms with E-state index in [0.717, 1.165) is 24.1 Å². The predicted octanol–water partition coefficient (Wildman–Crippen LogP) is 4.16. The molecule has 2 aromatic carbocycles. The van der Waals surface area contributed by atoms with E-state index >= 15 is 0 Å². The smallest absolute Gasteiger partial charge is 0.307 e. The molecule has 0 aliphatic carbocycles. The third kappa shape index (κ3) is 3.85. The Bertz CT molecular complexity index is 1070. The Morgan fingerprint density at radius 1 is 1.27 bits per heavy atom. The van der Waals surface area contributed by atoms with Crippen molar-refractivity contribution >= 4 is 23.0 Å². The number of ether oxygens (including phenoxy) is 1. The number of hydroxylamine groups is 1. The van der Waals surface area contributed by atoms with Gasteiger partial charge in [0, 0.05) is 24.6 Å². The lowest BCUT2D eigenvalue weighted by molar-refractivity contribution is -0.387. The van der Waals surface area contributed by atoms with Gasteiger partial charge in [-0.15, -0.1) is 0 Å². The van der Waals surface area contributed by atoms with Crippen LogP contribution >= 0.6 is 0 Å². The summed E-state index contributed by atoms with van der Waals surface area (Å²) < 4.78 is 19.0. The van der Waals surface area contributed by atoms with Crippen molar-refractivity contribution in [2.75, 3.05) is 24.1 Å². The van der Waals surface area contributed by atoms with Gasteiger partial charge in [-0.2, -0.15) is 4.39 Å². The fourth-order valence-electron chi connectivity index (χ4n) is 3.30. The van der Waals surface area contributed by atoms with Gasteiger partial charge in [-0.05, 0) is 5.56 Å². The van der Waals surface area contributed by atoms with Crippen LogP contribution in [0.5, 0.6) is 5.75 Å². The van der Waals surface area contributed by atoms with E-state index in [9.17, 15) is 14.5 Å². The monoisotopic (exact) mass is 411 g/mol. The predicted molar refractivity (Wildman–Crippen MR) is 107 cm³/mol. The molecule has 1 aliphatic heterocycles. The van der Waals surface area contributed by atoms with Crippen molar-refractivity contribution in [3.05, 3.63) is 76.4 Å². The van der Waals surface area contributed by atoms with E-state index in [-0.39, 0.29) is 17.5 Å². The van der Waals surface area contributed by atoms with Gasteiger partial charge in [0.2, 0.25) is 5.82 Å². The van der Waals surface area contributed by atoms with Gasteiger partial charge in [0.05, 0.1) is 30.4 Å². The maximum absolute atomic E-state index is 13.9. The summed E-state index contributed by atoms with van der Waals surface area (Å²) in [7, 11) is 1.35. The zero-order valence-electron chi connectivity index (χ0n) is 16.0. The second kappa shape index (κ2) is 8.29. The minimum atomic E-state index is -0.984. The Morgan fingerprint density at radius 3 is 2.80 bits per heavy atom. The second-order valence-corrected chi connectivity index (χ2v) is 6.52. The number of nitro benzene ring substituents is 1. The van der Waals surface area contributed by atoms with Crippen molar-refractivity contribution in [2.24, 2.45) is 0 Å². The lowest BCUT2D eigenvalue weighted by Crippen LogP contribution is -2.22. The van der Waals surface area contributed by atoms with Crippen molar-refractivity contribution in [3.63, 3.8) is 0 Å². The average molecular weight is 411 g/mol. The van der Waals surface area contributed by atoms with Gasteiger partial charge in [0.25, 0.3) is 0 Å². The molecule has 10 heteroatoms. The van der Waals surface area contributed by atoms with Crippen LogP contribution in [0.15, 0.2) is 54.9 Å². The quantitative estimate of drug-likeness (QED) is 0.476. The van der Waals surface area contributed by atoms with Gasteiger partial charge in [0.15, 0.2) is 5.82 Å². The Morgan fingerprint density at radius 2 is 2.07 bits per heavy atom. The molecular weight excluding hydrogens is 393 g/mol. The first-order chi connectivity index (χ1) is 14.6. The summed E-state index contributed by atoms with van der Waals surface area (Å²) in [5, 5.41) is 15.7. The van der Waals surface area contributed by atoms with Crippen molar-refractivity contribution < 1.29 is 18.9 Å². The number of rotatable bonds is 6. The SMILES string of the molecule is COc1cc(F)c([N+](=O)[O-])cc1Nc1cc(N2OCC[C@@H]2c2ccccc2)ncn1. The first kappa shape index (κ1) is 19.5. The number of benzene rings is 2. The van der Waals surface area contributed by atoms with E-state index in [0.29, 0.717) is 18.2 Å². The van der Waals surface area contributed by atoms with Crippen LogP contribution < -0.4 is 15.1 Å². The third-order valence-electron chi connectivity index (χ3n) is 4.70. The summed E-state index contributed by atoms with van der Waals surface area (Å²) >= 11 is 0. The van der Waals surface area contributed by atoms with Crippen LogP contribution in [-0.2, 0) is 4.84 Å². The highest BCUT2D eigenvalue weighted by atomic mass is 19.1.